The second kappa shape index (κ2) is 13.1. The van der Waals surface area contributed by atoms with Crippen molar-refractivity contribution in [3.8, 4) is 22.6 Å². The van der Waals surface area contributed by atoms with Gasteiger partial charge in [0.15, 0.2) is 5.82 Å². The van der Waals surface area contributed by atoms with Crippen molar-refractivity contribution in [1.82, 2.24) is 34.9 Å². The number of anilines is 1. The van der Waals surface area contributed by atoms with Crippen LogP contribution in [-0.2, 0) is 9.59 Å². The standard InChI is InChI=1S/C37H37FN8O2/c1-44(2)37(36(48)41-30-12-13-32-31(22-30)34(43-42-32)27-8-10-29(38)11-9-27)16-21-45(24-37)23-33(47)46-19-14-26(15-20-46)25-4-6-28(7-5-25)35-39-17-3-18-40-35/h3-14,17-18,22H,15-16,19-21,23-24H2,1-2H3,(H,41,48)(H,42,43). The summed E-state index contributed by atoms with van der Waals surface area (Å²) in [6.45, 7) is 2.55. The molecule has 2 aliphatic rings. The van der Waals surface area contributed by atoms with E-state index in [1.165, 1.54) is 17.7 Å². The Morgan fingerprint density at radius 3 is 2.40 bits per heavy atom. The highest BCUT2D eigenvalue weighted by Gasteiger charge is 2.47. The summed E-state index contributed by atoms with van der Waals surface area (Å²) >= 11 is 0. The number of nitrogens with zero attached hydrogens (tertiary/aromatic N) is 6. The van der Waals surface area contributed by atoms with Gasteiger partial charge in [-0.1, -0.05) is 30.3 Å². The summed E-state index contributed by atoms with van der Waals surface area (Å²) < 4.78 is 13.5. The molecule has 5 aromatic rings. The number of hydrogen-bond donors (Lipinski definition) is 2. The van der Waals surface area contributed by atoms with E-state index in [1.807, 2.05) is 54.2 Å². The predicted octanol–water partition coefficient (Wildman–Crippen LogP) is 5.09. The lowest BCUT2D eigenvalue weighted by Crippen LogP contribution is -2.56. The molecular weight excluding hydrogens is 607 g/mol. The molecule has 1 atom stereocenters. The number of benzene rings is 3. The van der Waals surface area contributed by atoms with E-state index < -0.39 is 5.54 Å². The van der Waals surface area contributed by atoms with Crippen LogP contribution in [0.15, 0.2) is 91.3 Å². The second-order valence-corrected chi connectivity index (χ2v) is 12.6. The summed E-state index contributed by atoms with van der Waals surface area (Å²) in [4.78, 5) is 41.9. The fourth-order valence-corrected chi connectivity index (χ4v) is 6.66. The first-order valence-electron chi connectivity index (χ1n) is 16.1. The zero-order chi connectivity index (χ0) is 33.3. The van der Waals surface area contributed by atoms with E-state index in [0.29, 0.717) is 49.8 Å². The summed E-state index contributed by atoms with van der Waals surface area (Å²) in [6.07, 6.45) is 6.98. The first kappa shape index (κ1) is 31.3. The minimum atomic E-state index is -0.794. The Hall–Kier alpha value is -5.26. The smallest absolute Gasteiger partial charge is 0.246 e. The molecule has 3 aromatic carbocycles. The number of likely N-dealkylation sites (tertiary alicyclic amines) is 1. The number of halogens is 1. The largest absolute Gasteiger partial charge is 0.338 e. The van der Waals surface area contributed by atoms with Crippen LogP contribution in [-0.4, -0.2) is 99.0 Å². The molecule has 0 radical (unpaired) electrons. The van der Waals surface area contributed by atoms with Crippen molar-refractivity contribution in [3.05, 3.63) is 103 Å². The average Bonchev–Trinajstić information content (AvgIpc) is 3.74. The number of aromatic nitrogens is 4. The summed E-state index contributed by atoms with van der Waals surface area (Å²) in [5.74, 6) is 0.330. The van der Waals surface area contributed by atoms with Gasteiger partial charge in [-0.05, 0) is 86.6 Å². The Morgan fingerprint density at radius 2 is 1.69 bits per heavy atom. The SMILES string of the molecule is CN(C)C1(C(=O)Nc2ccc3[nH]nc(-c4ccc(F)cc4)c3c2)CCN(CC(=O)N2CC=C(c3ccc(-c4ncccn4)cc3)CC2)C1. The van der Waals surface area contributed by atoms with Gasteiger partial charge in [0.25, 0.3) is 0 Å². The van der Waals surface area contributed by atoms with Crippen LogP contribution in [0.5, 0.6) is 0 Å². The second-order valence-electron chi connectivity index (χ2n) is 12.6. The van der Waals surface area contributed by atoms with Gasteiger partial charge in [-0.15, -0.1) is 0 Å². The van der Waals surface area contributed by atoms with Crippen molar-refractivity contribution in [2.24, 2.45) is 0 Å². The number of amides is 2. The topological polar surface area (TPSA) is 110 Å². The molecule has 4 heterocycles. The fraction of sp³-hybridized carbons (Fsp3) is 0.270. The molecule has 11 heteroatoms. The predicted molar refractivity (Wildman–Crippen MR) is 184 cm³/mol. The zero-order valence-corrected chi connectivity index (χ0v) is 27.0. The van der Waals surface area contributed by atoms with Crippen LogP contribution in [0.4, 0.5) is 10.1 Å². The molecule has 10 nitrogen and oxygen atoms in total. The van der Waals surface area contributed by atoms with Gasteiger partial charge >= 0.3 is 0 Å². The highest BCUT2D eigenvalue weighted by Crippen LogP contribution is 2.32. The Balaban J connectivity index is 0.979. The van der Waals surface area contributed by atoms with Crippen molar-refractivity contribution < 1.29 is 14.0 Å². The van der Waals surface area contributed by atoms with Crippen LogP contribution >= 0.6 is 0 Å². The number of rotatable bonds is 8. The third kappa shape index (κ3) is 6.22. The van der Waals surface area contributed by atoms with Crippen molar-refractivity contribution in [2.45, 2.75) is 18.4 Å². The van der Waals surface area contributed by atoms with E-state index >= 15 is 0 Å². The minimum absolute atomic E-state index is 0.0653. The number of hydrogen-bond acceptors (Lipinski definition) is 7. The number of likely N-dealkylation sites (N-methyl/N-ethyl adjacent to an activating group) is 1. The molecule has 7 rings (SSSR count). The van der Waals surface area contributed by atoms with Gasteiger partial charge in [0, 0.05) is 60.8 Å². The maximum absolute atomic E-state index is 13.9. The quantitative estimate of drug-likeness (QED) is 0.242. The zero-order valence-electron chi connectivity index (χ0n) is 27.0. The first-order chi connectivity index (χ1) is 23.3. The molecular formula is C37H37FN8O2. The molecule has 0 bridgehead atoms. The number of aromatic amines is 1. The van der Waals surface area contributed by atoms with Crippen LogP contribution in [0.1, 0.15) is 18.4 Å². The monoisotopic (exact) mass is 644 g/mol. The van der Waals surface area contributed by atoms with E-state index in [0.717, 1.165) is 34.0 Å². The van der Waals surface area contributed by atoms with Crippen molar-refractivity contribution >= 4 is 34.0 Å². The maximum Gasteiger partial charge on any atom is 0.246 e. The van der Waals surface area contributed by atoms with Crippen molar-refractivity contribution in [1.29, 1.82) is 0 Å². The molecule has 2 N–H and O–H groups in total. The Labute approximate surface area is 278 Å². The first-order valence-corrected chi connectivity index (χ1v) is 16.1. The Kier molecular flexibility index (Phi) is 8.55. The van der Waals surface area contributed by atoms with Gasteiger partial charge in [-0.25, -0.2) is 14.4 Å². The number of carbonyl (C=O) groups excluding carboxylic acids is 2. The van der Waals surface area contributed by atoms with E-state index in [2.05, 4.69) is 48.6 Å². The van der Waals surface area contributed by atoms with Crippen LogP contribution in [0.25, 0.3) is 39.1 Å². The van der Waals surface area contributed by atoms with E-state index in [4.69, 9.17) is 0 Å². The van der Waals surface area contributed by atoms with Gasteiger partial charge < -0.3 is 10.2 Å². The Bertz CT molecular complexity index is 1970. The molecule has 1 fully saturated rings. The summed E-state index contributed by atoms with van der Waals surface area (Å²) in [6, 6.07) is 21.8. The summed E-state index contributed by atoms with van der Waals surface area (Å²) in [5, 5.41) is 11.4. The van der Waals surface area contributed by atoms with Crippen LogP contribution < -0.4 is 5.32 Å². The number of fused-ring (bicyclic) bond motifs is 1. The molecule has 0 aliphatic carbocycles. The average molecular weight is 645 g/mol. The lowest BCUT2D eigenvalue weighted by Gasteiger charge is -2.35. The minimum Gasteiger partial charge on any atom is -0.338 e. The highest BCUT2D eigenvalue weighted by atomic mass is 19.1. The molecule has 244 valence electrons. The molecule has 2 aromatic heterocycles. The van der Waals surface area contributed by atoms with Gasteiger partial charge in [0.05, 0.1) is 17.8 Å². The number of carbonyl (C=O) groups is 2. The summed E-state index contributed by atoms with van der Waals surface area (Å²) in [5.41, 5.74) is 5.46. The molecule has 0 spiro atoms. The molecule has 48 heavy (non-hydrogen) atoms. The fourth-order valence-electron chi connectivity index (χ4n) is 6.66. The van der Waals surface area contributed by atoms with Gasteiger partial charge in [0.2, 0.25) is 11.8 Å². The molecule has 1 saturated heterocycles. The molecule has 2 aliphatic heterocycles. The molecule has 2 amide bonds. The van der Waals surface area contributed by atoms with Crippen molar-refractivity contribution in [2.75, 3.05) is 52.1 Å². The van der Waals surface area contributed by atoms with Crippen LogP contribution in [0.3, 0.4) is 0 Å². The lowest BCUT2D eigenvalue weighted by atomic mass is 9.95. The highest BCUT2D eigenvalue weighted by molar-refractivity contribution is 6.02. The third-order valence-electron chi connectivity index (χ3n) is 9.54. The molecule has 1 unspecified atom stereocenters. The van der Waals surface area contributed by atoms with Gasteiger partial charge in [-0.2, -0.15) is 5.10 Å². The number of H-pyrrole nitrogens is 1. The van der Waals surface area contributed by atoms with E-state index in [-0.39, 0.29) is 24.2 Å². The number of nitrogens with one attached hydrogen (secondary N) is 2. The maximum atomic E-state index is 13.9. The van der Waals surface area contributed by atoms with Crippen molar-refractivity contribution in [3.63, 3.8) is 0 Å². The van der Waals surface area contributed by atoms with Crippen LogP contribution in [0.2, 0.25) is 0 Å². The third-order valence-corrected chi connectivity index (χ3v) is 9.54. The normalized spacial score (nSPS) is 18.3. The van der Waals surface area contributed by atoms with Gasteiger partial charge in [0.1, 0.15) is 11.4 Å². The lowest BCUT2D eigenvalue weighted by molar-refractivity contribution is -0.132. The summed E-state index contributed by atoms with van der Waals surface area (Å²) in [7, 11) is 3.82. The van der Waals surface area contributed by atoms with Gasteiger partial charge in [-0.3, -0.25) is 24.5 Å². The molecule has 0 saturated carbocycles. The van der Waals surface area contributed by atoms with E-state index in [1.54, 1.807) is 30.6 Å². The Morgan fingerprint density at radius 1 is 0.958 bits per heavy atom. The van der Waals surface area contributed by atoms with E-state index in [9.17, 15) is 14.0 Å². The van der Waals surface area contributed by atoms with Crippen LogP contribution in [0, 0.1) is 5.82 Å².